The van der Waals surface area contributed by atoms with Crippen LogP contribution in [0.25, 0.3) is 0 Å². The molecule has 0 fully saturated rings. The van der Waals surface area contributed by atoms with Crippen molar-refractivity contribution in [2.24, 2.45) is 7.05 Å². The number of carbonyl (C=O) groups is 1. The summed E-state index contributed by atoms with van der Waals surface area (Å²) in [5.74, 6) is -0.141. The highest BCUT2D eigenvalue weighted by Crippen LogP contribution is 2.21. The Kier molecular flexibility index (Phi) is 2.82. The van der Waals surface area contributed by atoms with Crippen LogP contribution in [0, 0.1) is 6.92 Å². The second-order valence-electron chi connectivity index (χ2n) is 3.88. The van der Waals surface area contributed by atoms with E-state index in [9.17, 15) is 9.90 Å². The summed E-state index contributed by atoms with van der Waals surface area (Å²) in [7, 11) is 1.79. The summed E-state index contributed by atoms with van der Waals surface area (Å²) in [4.78, 5) is 15.7. The number of amides is 1. The molecular formula is C12H13N3O2. The maximum absolute atomic E-state index is 11.8. The fraction of sp³-hybridized carbons (Fsp3) is 0.167. The molecule has 0 atom stereocenters. The number of aromatic nitrogens is 2. The Morgan fingerprint density at radius 1 is 1.47 bits per heavy atom. The molecule has 1 amide bonds. The molecule has 1 aromatic carbocycles. The van der Waals surface area contributed by atoms with Gasteiger partial charge in [0, 0.05) is 25.0 Å². The van der Waals surface area contributed by atoms with Gasteiger partial charge in [0.05, 0.1) is 6.33 Å². The van der Waals surface area contributed by atoms with Crippen molar-refractivity contribution in [1.82, 2.24) is 9.55 Å². The van der Waals surface area contributed by atoms with Crippen molar-refractivity contribution in [2.45, 2.75) is 6.92 Å². The lowest BCUT2D eigenvalue weighted by atomic mass is 10.2. The lowest BCUT2D eigenvalue weighted by Gasteiger charge is -2.05. The van der Waals surface area contributed by atoms with Crippen LogP contribution in [-0.4, -0.2) is 20.6 Å². The van der Waals surface area contributed by atoms with E-state index in [1.54, 1.807) is 43.2 Å². The number of anilines is 1. The van der Waals surface area contributed by atoms with Crippen molar-refractivity contribution in [2.75, 3.05) is 5.32 Å². The number of benzene rings is 1. The minimum absolute atomic E-state index is 0.156. The third-order valence-corrected chi connectivity index (χ3v) is 2.40. The Morgan fingerprint density at radius 2 is 2.24 bits per heavy atom. The highest BCUT2D eigenvalue weighted by molar-refractivity contribution is 6.02. The van der Waals surface area contributed by atoms with E-state index >= 15 is 0 Å². The zero-order chi connectivity index (χ0) is 12.4. The van der Waals surface area contributed by atoms with Gasteiger partial charge in [-0.25, -0.2) is 4.98 Å². The molecule has 0 aliphatic carbocycles. The third-order valence-electron chi connectivity index (χ3n) is 2.40. The van der Waals surface area contributed by atoms with E-state index in [4.69, 9.17) is 0 Å². The maximum Gasteiger partial charge on any atom is 0.275 e. The number of phenolic OH excluding ortho intramolecular Hbond substituents is 1. The van der Waals surface area contributed by atoms with Crippen molar-refractivity contribution >= 4 is 11.6 Å². The van der Waals surface area contributed by atoms with E-state index in [1.165, 1.54) is 6.07 Å². The van der Waals surface area contributed by atoms with Crippen LogP contribution >= 0.6 is 0 Å². The fourth-order valence-electron chi connectivity index (χ4n) is 1.41. The quantitative estimate of drug-likeness (QED) is 0.826. The number of rotatable bonds is 2. The molecule has 0 spiro atoms. The van der Waals surface area contributed by atoms with E-state index in [0.717, 1.165) is 5.56 Å². The third kappa shape index (κ3) is 2.44. The van der Waals surface area contributed by atoms with Gasteiger partial charge in [0.15, 0.2) is 0 Å². The molecule has 2 N–H and O–H groups in total. The highest BCUT2D eigenvalue weighted by atomic mass is 16.3. The Balaban J connectivity index is 2.15. The molecule has 0 bridgehead atoms. The minimum Gasteiger partial charge on any atom is -0.508 e. The average molecular weight is 231 g/mol. The van der Waals surface area contributed by atoms with Gasteiger partial charge in [-0.2, -0.15) is 0 Å². The van der Waals surface area contributed by atoms with Crippen LogP contribution in [0.5, 0.6) is 5.75 Å². The summed E-state index contributed by atoms with van der Waals surface area (Å²) in [6, 6.07) is 4.98. The van der Waals surface area contributed by atoms with Gasteiger partial charge >= 0.3 is 0 Å². The standard InChI is InChI=1S/C12H13N3O2/c1-8-3-4-9(5-11(8)16)14-12(17)10-6-15(2)7-13-10/h3-7,16H,1-2H3,(H,14,17). The van der Waals surface area contributed by atoms with Gasteiger partial charge < -0.3 is 15.0 Å². The molecule has 5 heteroatoms. The van der Waals surface area contributed by atoms with E-state index < -0.39 is 0 Å². The van der Waals surface area contributed by atoms with Crippen LogP contribution in [0.3, 0.4) is 0 Å². The topological polar surface area (TPSA) is 67.2 Å². The molecule has 0 unspecified atom stereocenters. The van der Waals surface area contributed by atoms with Gasteiger partial charge in [-0.3, -0.25) is 4.79 Å². The number of aromatic hydroxyl groups is 1. The number of imidazole rings is 1. The van der Waals surface area contributed by atoms with Gasteiger partial charge in [0.25, 0.3) is 5.91 Å². The summed E-state index contributed by atoms with van der Waals surface area (Å²) >= 11 is 0. The second kappa shape index (κ2) is 4.29. The molecular weight excluding hydrogens is 218 g/mol. The summed E-state index contributed by atoms with van der Waals surface area (Å²) < 4.78 is 1.70. The van der Waals surface area contributed by atoms with Crippen LogP contribution < -0.4 is 5.32 Å². The largest absolute Gasteiger partial charge is 0.508 e. The molecule has 88 valence electrons. The van der Waals surface area contributed by atoms with Gasteiger partial charge in [-0.15, -0.1) is 0 Å². The molecule has 0 saturated carbocycles. The normalized spacial score (nSPS) is 10.2. The number of nitrogens with one attached hydrogen (secondary N) is 1. The Hall–Kier alpha value is -2.30. The van der Waals surface area contributed by atoms with E-state index in [2.05, 4.69) is 10.3 Å². The Bertz CT molecular complexity index is 561. The first-order valence-electron chi connectivity index (χ1n) is 5.15. The van der Waals surface area contributed by atoms with E-state index in [1.807, 2.05) is 0 Å². The van der Waals surface area contributed by atoms with Gasteiger partial charge in [-0.1, -0.05) is 6.07 Å². The fourth-order valence-corrected chi connectivity index (χ4v) is 1.41. The van der Waals surface area contributed by atoms with Gasteiger partial charge in [0.1, 0.15) is 11.4 Å². The van der Waals surface area contributed by atoms with Gasteiger partial charge in [0.2, 0.25) is 0 Å². The Labute approximate surface area is 98.7 Å². The smallest absolute Gasteiger partial charge is 0.275 e. The average Bonchev–Trinajstić information content (AvgIpc) is 2.70. The maximum atomic E-state index is 11.8. The van der Waals surface area contributed by atoms with Crippen LogP contribution in [0.15, 0.2) is 30.7 Å². The first-order chi connectivity index (χ1) is 8.06. The van der Waals surface area contributed by atoms with Gasteiger partial charge in [-0.05, 0) is 18.6 Å². The minimum atomic E-state index is -0.297. The zero-order valence-corrected chi connectivity index (χ0v) is 9.64. The SMILES string of the molecule is Cc1ccc(NC(=O)c2cn(C)cn2)cc1O. The zero-order valence-electron chi connectivity index (χ0n) is 9.64. The molecule has 1 heterocycles. The van der Waals surface area contributed by atoms with Crippen LogP contribution in [0.1, 0.15) is 16.1 Å². The number of carbonyl (C=O) groups excluding carboxylic acids is 1. The summed E-state index contributed by atoms with van der Waals surface area (Å²) in [6.45, 7) is 1.79. The van der Waals surface area contributed by atoms with Crippen molar-refractivity contribution in [3.63, 3.8) is 0 Å². The molecule has 5 nitrogen and oxygen atoms in total. The van der Waals surface area contributed by atoms with Crippen LogP contribution in [0.4, 0.5) is 5.69 Å². The van der Waals surface area contributed by atoms with Crippen molar-refractivity contribution in [3.05, 3.63) is 42.0 Å². The summed E-state index contributed by atoms with van der Waals surface area (Å²) in [5.41, 5.74) is 1.65. The number of nitrogens with zero attached hydrogens (tertiary/aromatic N) is 2. The highest BCUT2D eigenvalue weighted by Gasteiger charge is 2.09. The Morgan fingerprint density at radius 3 is 2.82 bits per heavy atom. The number of hydrogen-bond donors (Lipinski definition) is 2. The predicted molar refractivity (Wildman–Crippen MR) is 64.0 cm³/mol. The van der Waals surface area contributed by atoms with E-state index in [0.29, 0.717) is 11.4 Å². The summed E-state index contributed by atoms with van der Waals surface area (Å²) in [5, 5.41) is 12.2. The first-order valence-corrected chi connectivity index (χ1v) is 5.15. The molecule has 2 aromatic rings. The van der Waals surface area contributed by atoms with Crippen LogP contribution in [0.2, 0.25) is 0 Å². The molecule has 17 heavy (non-hydrogen) atoms. The second-order valence-corrected chi connectivity index (χ2v) is 3.88. The molecule has 0 radical (unpaired) electrons. The molecule has 2 rings (SSSR count). The number of aryl methyl sites for hydroxylation is 2. The lowest BCUT2D eigenvalue weighted by Crippen LogP contribution is -2.12. The number of hydrogen-bond acceptors (Lipinski definition) is 3. The monoisotopic (exact) mass is 231 g/mol. The van der Waals surface area contributed by atoms with Crippen molar-refractivity contribution < 1.29 is 9.90 Å². The van der Waals surface area contributed by atoms with Crippen LogP contribution in [-0.2, 0) is 7.05 Å². The summed E-state index contributed by atoms with van der Waals surface area (Å²) in [6.07, 6.45) is 3.19. The molecule has 0 aliphatic heterocycles. The molecule has 0 aliphatic rings. The number of phenols is 1. The molecule has 0 saturated heterocycles. The lowest BCUT2D eigenvalue weighted by molar-refractivity contribution is 0.102. The van der Waals surface area contributed by atoms with Crippen molar-refractivity contribution in [3.8, 4) is 5.75 Å². The van der Waals surface area contributed by atoms with Crippen molar-refractivity contribution in [1.29, 1.82) is 0 Å². The molecule has 1 aromatic heterocycles. The predicted octanol–water partition coefficient (Wildman–Crippen LogP) is 1.69. The van der Waals surface area contributed by atoms with E-state index in [-0.39, 0.29) is 11.7 Å². The first kappa shape index (κ1) is 11.2.